The van der Waals surface area contributed by atoms with E-state index in [2.05, 4.69) is 15.6 Å². The molecule has 1 aromatic carbocycles. The van der Waals surface area contributed by atoms with Crippen LogP contribution in [0.3, 0.4) is 0 Å². The number of rotatable bonds is 4. The molecule has 0 aliphatic carbocycles. The van der Waals surface area contributed by atoms with Gasteiger partial charge in [0.15, 0.2) is 5.96 Å². The number of halogens is 1. The predicted octanol–water partition coefficient (Wildman–Crippen LogP) is 2.56. The second kappa shape index (κ2) is 9.69. The number of hydrogen-bond acceptors (Lipinski definition) is 4. The molecule has 25 heavy (non-hydrogen) atoms. The second-order valence-corrected chi connectivity index (χ2v) is 6.57. The minimum Gasteiger partial charge on any atom is -0.493 e. The summed E-state index contributed by atoms with van der Waals surface area (Å²) >= 11 is 0. The summed E-state index contributed by atoms with van der Waals surface area (Å²) in [6.45, 7) is 6.84. The fourth-order valence-corrected chi connectivity index (χ4v) is 2.36. The van der Waals surface area contributed by atoms with Crippen LogP contribution in [0, 0.1) is 0 Å². The molecule has 0 bridgehead atoms. The number of nitrogens with two attached hydrogens (primary N) is 1. The Labute approximate surface area is 165 Å². The summed E-state index contributed by atoms with van der Waals surface area (Å²) in [6, 6.07) is 7.96. The number of aliphatic imine (C=N–C) groups is 1. The zero-order valence-corrected chi connectivity index (χ0v) is 17.2. The van der Waals surface area contributed by atoms with Gasteiger partial charge in [0.05, 0.1) is 19.2 Å². The number of para-hydroxylation sites is 1. The van der Waals surface area contributed by atoms with E-state index in [0.717, 1.165) is 17.7 Å². The first kappa shape index (κ1) is 21.3. The van der Waals surface area contributed by atoms with Crippen LogP contribution in [0.1, 0.15) is 38.8 Å². The largest absolute Gasteiger partial charge is 0.493 e. The van der Waals surface area contributed by atoms with Crippen LogP contribution in [0.5, 0.6) is 5.75 Å². The van der Waals surface area contributed by atoms with Gasteiger partial charge in [0.1, 0.15) is 11.4 Å². The van der Waals surface area contributed by atoms with Gasteiger partial charge in [-0.05, 0) is 26.8 Å². The number of benzene rings is 1. The number of hydrogen-bond donors (Lipinski definition) is 3. The monoisotopic (exact) mass is 462 g/mol. The fraction of sp³-hybridized carbons (Fsp3) is 0.529. The molecule has 1 aliphatic heterocycles. The van der Waals surface area contributed by atoms with Gasteiger partial charge in [-0.15, -0.1) is 24.0 Å². The van der Waals surface area contributed by atoms with E-state index in [0.29, 0.717) is 25.7 Å². The summed E-state index contributed by atoms with van der Waals surface area (Å²) in [5.74, 6) is 1.23. The molecule has 7 nitrogen and oxygen atoms in total. The lowest BCUT2D eigenvalue weighted by molar-refractivity contribution is 0.0529. The molecule has 0 aromatic heterocycles. The van der Waals surface area contributed by atoms with Crippen LogP contribution in [-0.2, 0) is 4.74 Å². The van der Waals surface area contributed by atoms with Gasteiger partial charge >= 0.3 is 6.09 Å². The van der Waals surface area contributed by atoms with Crippen molar-refractivity contribution < 1.29 is 14.3 Å². The summed E-state index contributed by atoms with van der Waals surface area (Å²) in [5.41, 5.74) is 6.50. The van der Waals surface area contributed by atoms with Gasteiger partial charge in [0, 0.05) is 18.5 Å². The number of carbonyl (C=O) groups excluding carboxylic acids is 1. The van der Waals surface area contributed by atoms with Gasteiger partial charge in [0.2, 0.25) is 0 Å². The summed E-state index contributed by atoms with van der Waals surface area (Å²) in [4.78, 5) is 15.7. The van der Waals surface area contributed by atoms with E-state index in [1.54, 1.807) is 0 Å². The van der Waals surface area contributed by atoms with E-state index in [1.165, 1.54) is 0 Å². The summed E-state index contributed by atoms with van der Waals surface area (Å²) in [7, 11) is 0. The fourth-order valence-electron chi connectivity index (χ4n) is 2.36. The zero-order chi connectivity index (χ0) is 17.6. The van der Waals surface area contributed by atoms with Gasteiger partial charge in [-0.1, -0.05) is 18.2 Å². The van der Waals surface area contributed by atoms with Crippen LogP contribution >= 0.6 is 24.0 Å². The van der Waals surface area contributed by atoms with Crippen LogP contribution in [0.25, 0.3) is 0 Å². The Morgan fingerprint density at radius 3 is 2.84 bits per heavy atom. The highest BCUT2D eigenvalue weighted by Gasteiger charge is 2.21. The van der Waals surface area contributed by atoms with E-state index >= 15 is 0 Å². The lowest BCUT2D eigenvalue weighted by Crippen LogP contribution is -2.38. The zero-order valence-electron chi connectivity index (χ0n) is 14.9. The molecule has 8 heteroatoms. The lowest BCUT2D eigenvalue weighted by Gasteiger charge is -2.26. The maximum Gasteiger partial charge on any atom is 0.407 e. The molecule has 140 valence electrons. The molecule has 1 unspecified atom stereocenters. The SMILES string of the molecule is CC(C)(C)OC(=O)NCCN=C(N)NC1CCOc2ccccc21.I. The Kier molecular flexibility index (Phi) is 8.27. The summed E-state index contributed by atoms with van der Waals surface area (Å²) in [5, 5.41) is 5.85. The Morgan fingerprint density at radius 1 is 1.40 bits per heavy atom. The third kappa shape index (κ3) is 7.37. The molecule has 4 N–H and O–H groups in total. The van der Waals surface area contributed by atoms with E-state index in [9.17, 15) is 4.79 Å². The minimum atomic E-state index is -0.510. The van der Waals surface area contributed by atoms with E-state index in [-0.39, 0.29) is 30.0 Å². The van der Waals surface area contributed by atoms with E-state index in [1.807, 2.05) is 45.0 Å². The molecule has 0 spiro atoms. The summed E-state index contributed by atoms with van der Waals surface area (Å²) < 4.78 is 10.8. The van der Waals surface area contributed by atoms with Crippen molar-refractivity contribution in [1.29, 1.82) is 0 Å². The average molecular weight is 462 g/mol. The number of amides is 1. The molecular weight excluding hydrogens is 435 g/mol. The Hall–Kier alpha value is -1.71. The van der Waals surface area contributed by atoms with E-state index in [4.69, 9.17) is 15.2 Å². The molecule has 1 atom stereocenters. The Morgan fingerprint density at radius 2 is 2.12 bits per heavy atom. The van der Waals surface area contributed by atoms with Gasteiger partial charge in [-0.25, -0.2) is 4.79 Å². The van der Waals surface area contributed by atoms with Crippen molar-refractivity contribution in [2.75, 3.05) is 19.7 Å². The number of ether oxygens (including phenoxy) is 2. The first-order valence-corrected chi connectivity index (χ1v) is 8.10. The Bertz CT molecular complexity index is 602. The van der Waals surface area contributed by atoms with E-state index < -0.39 is 11.7 Å². The highest BCUT2D eigenvalue weighted by atomic mass is 127. The maximum atomic E-state index is 11.5. The van der Waals surface area contributed by atoms with Crippen molar-refractivity contribution in [2.45, 2.75) is 38.8 Å². The topological polar surface area (TPSA) is 98.0 Å². The molecule has 1 amide bonds. The predicted molar refractivity (Wildman–Crippen MR) is 109 cm³/mol. The van der Waals surface area contributed by atoms with Crippen molar-refractivity contribution in [2.24, 2.45) is 10.7 Å². The quantitative estimate of drug-likeness (QED) is 0.277. The number of nitrogens with zero attached hydrogens (tertiary/aromatic N) is 1. The highest BCUT2D eigenvalue weighted by Crippen LogP contribution is 2.31. The third-order valence-corrected chi connectivity index (χ3v) is 3.34. The number of nitrogens with one attached hydrogen (secondary N) is 2. The van der Waals surface area contributed by atoms with Crippen molar-refractivity contribution in [3.63, 3.8) is 0 Å². The first-order chi connectivity index (χ1) is 11.3. The molecule has 0 radical (unpaired) electrons. The van der Waals surface area contributed by atoms with Crippen LogP contribution in [0.2, 0.25) is 0 Å². The van der Waals surface area contributed by atoms with Crippen molar-refractivity contribution in [3.8, 4) is 5.75 Å². The third-order valence-electron chi connectivity index (χ3n) is 3.34. The highest BCUT2D eigenvalue weighted by molar-refractivity contribution is 14.0. The van der Waals surface area contributed by atoms with Crippen LogP contribution in [-0.4, -0.2) is 37.4 Å². The molecule has 1 aliphatic rings. The lowest BCUT2D eigenvalue weighted by atomic mass is 10.0. The average Bonchev–Trinajstić information content (AvgIpc) is 2.50. The van der Waals surface area contributed by atoms with Gasteiger partial charge in [0.25, 0.3) is 0 Å². The number of alkyl carbamates (subject to hydrolysis) is 1. The maximum absolute atomic E-state index is 11.5. The molecule has 0 fully saturated rings. The van der Waals surface area contributed by atoms with Crippen molar-refractivity contribution in [3.05, 3.63) is 29.8 Å². The van der Waals surface area contributed by atoms with Gasteiger partial charge in [-0.2, -0.15) is 0 Å². The van der Waals surface area contributed by atoms with Gasteiger partial charge < -0.3 is 25.8 Å². The molecule has 1 heterocycles. The molecular formula is C17H27IN4O3. The number of guanidine groups is 1. The standard InChI is InChI=1S/C17H26N4O3.HI/c1-17(2,3)24-16(22)20-10-9-19-15(18)21-13-8-11-23-14-7-5-4-6-12(13)14;/h4-7,13H,8-11H2,1-3H3,(H,20,22)(H3,18,19,21);1H. The molecule has 0 saturated carbocycles. The number of carbonyl (C=O) groups is 1. The smallest absolute Gasteiger partial charge is 0.407 e. The molecule has 2 rings (SSSR count). The first-order valence-electron chi connectivity index (χ1n) is 8.10. The second-order valence-electron chi connectivity index (χ2n) is 6.57. The van der Waals surface area contributed by atoms with Crippen LogP contribution in [0.15, 0.2) is 29.3 Å². The van der Waals surface area contributed by atoms with Crippen molar-refractivity contribution in [1.82, 2.24) is 10.6 Å². The number of fused-ring (bicyclic) bond motifs is 1. The van der Waals surface area contributed by atoms with Crippen molar-refractivity contribution >= 4 is 36.0 Å². The van der Waals surface area contributed by atoms with Gasteiger partial charge in [-0.3, -0.25) is 4.99 Å². The Balaban J connectivity index is 0.00000312. The van der Waals surface area contributed by atoms with Crippen LogP contribution < -0.4 is 21.1 Å². The minimum absolute atomic E-state index is 0. The normalized spacial score (nSPS) is 16.8. The van der Waals surface area contributed by atoms with Crippen LogP contribution in [0.4, 0.5) is 4.79 Å². The summed E-state index contributed by atoms with van der Waals surface area (Å²) in [6.07, 6.45) is 0.367. The molecule has 1 aromatic rings. The molecule has 0 saturated heterocycles.